The molecule has 1 aromatic rings. The van der Waals surface area contributed by atoms with Crippen molar-refractivity contribution < 1.29 is 19.1 Å². The van der Waals surface area contributed by atoms with Gasteiger partial charge in [0.1, 0.15) is 22.8 Å². The molecule has 1 rings (SSSR count). The van der Waals surface area contributed by atoms with Crippen molar-refractivity contribution in [3.8, 4) is 17.6 Å². The molecule has 0 spiro atoms. The van der Waals surface area contributed by atoms with Gasteiger partial charge >= 0.3 is 5.97 Å². The smallest absolute Gasteiger partial charge is 0.385 e. The number of Topliss-reactive ketones (excluding diaryl/α,β-unsaturated/α-hetero) is 1. The highest BCUT2D eigenvalue weighted by Gasteiger charge is 2.16. The van der Waals surface area contributed by atoms with Gasteiger partial charge in [0.2, 0.25) is 5.78 Å². The van der Waals surface area contributed by atoms with Gasteiger partial charge in [-0.3, -0.25) is 4.79 Å². The summed E-state index contributed by atoms with van der Waals surface area (Å²) in [5.74, 6) is 3.70. The molecule has 1 aromatic heterocycles. The minimum atomic E-state index is -0.726. The Hall–Kier alpha value is -2.06. The molecule has 0 bridgehead atoms. The maximum absolute atomic E-state index is 11.9. The van der Waals surface area contributed by atoms with Gasteiger partial charge in [-0.1, -0.05) is 12.7 Å². The van der Waals surface area contributed by atoms with Crippen molar-refractivity contribution in [3.05, 3.63) is 29.0 Å². The second-order valence-electron chi connectivity index (χ2n) is 4.79. The molecule has 0 N–H and O–H groups in total. The summed E-state index contributed by atoms with van der Waals surface area (Å²) in [6.07, 6.45) is 1.58. The van der Waals surface area contributed by atoms with Crippen LogP contribution >= 0.6 is 11.3 Å². The van der Waals surface area contributed by atoms with E-state index in [0.717, 1.165) is 0 Å². The fourth-order valence-electron chi connectivity index (χ4n) is 1.19. The molecule has 0 aromatic carbocycles. The maximum atomic E-state index is 11.9. The Morgan fingerprint density at radius 1 is 1.40 bits per heavy atom. The summed E-state index contributed by atoms with van der Waals surface area (Å²) in [5.41, 5.74) is -0.629. The lowest BCUT2D eigenvalue weighted by molar-refractivity contribution is -0.147. The molecule has 0 unspecified atom stereocenters. The number of ketones is 1. The summed E-state index contributed by atoms with van der Waals surface area (Å²) < 4.78 is 10.3. The largest absolute Gasteiger partial charge is 0.488 e. The van der Waals surface area contributed by atoms with Gasteiger partial charge in [0.05, 0.1) is 0 Å². The van der Waals surface area contributed by atoms with E-state index in [1.54, 1.807) is 38.3 Å². The van der Waals surface area contributed by atoms with Crippen molar-refractivity contribution in [2.75, 3.05) is 6.61 Å². The number of hydrogen-bond donors (Lipinski definition) is 0. The first-order valence-electron chi connectivity index (χ1n) is 5.94. The first-order chi connectivity index (χ1) is 9.33. The number of rotatable bonds is 4. The van der Waals surface area contributed by atoms with Gasteiger partial charge in [-0.15, -0.1) is 11.3 Å². The van der Waals surface area contributed by atoms with Crippen molar-refractivity contribution in [3.63, 3.8) is 0 Å². The zero-order valence-electron chi connectivity index (χ0n) is 11.7. The summed E-state index contributed by atoms with van der Waals surface area (Å²) in [7, 11) is 0. The summed E-state index contributed by atoms with van der Waals surface area (Å²) in [6, 6.07) is 1.68. The number of carbonyl (C=O) groups excluding carboxylic acids is 2. The third-order valence-corrected chi connectivity index (χ3v) is 2.76. The van der Waals surface area contributed by atoms with E-state index in [1.165, 1.54) is 11.3 Å². The van der Waals surface area contributed by atoms with E-state index in [1.807, 2.05) is 0 Å². The van der Waals surface area contributed by atoms with Crippen LogP contribution < -0.4 is 4.74 Å². The van der Waals surface area contributed by atoms with E-state index >= 15 is 0 Å². The normalized spacial score (nSPS) is 10.2. The Morgan fingerprint density at radius 3 is 2.70 bits per heavy atom. The molecular weight excluding hydrogens is 276 g/mol. The van der Waals surface area contributed by atoms with Gasteiger partial charge in [0.15, 0.2) is 0 Å². The molecule has 0 saturated carbocycles. The first-order valence-corrected chi connectivity index (χ1v) is 6.82. The van der Waals surface area contributed by atoms with Gasteiger partial charge in [-0.25, -0.2) is 4.79 Å². The topological polar surface area (TPSA) is 52.6 Å². The molecule has 106 valence electrons. The van der Waals surface area contributed by atoms with Crippen molar-refractivity contribution >= 4 is 23.1 Å². The van der Waals surface area contributed by atoms with E-state index in [9.17, 15) is 9.59 Å². The number of thiophene rings is 1. The monoisotopic (exact) mass is 292 g/mol. The minimum Gasteiger partial charge on any atom is -0.488 e. The molecule has 0 radical (unpaired) electrons. The second-order valence-corrected chi connectivity index (χ2v) is 5.71. The molecule has 0 aliphatic rings. The van der Waals surface area contributed by atoms with Crippen molar-refractivity contribution in [1.82, 2.24) is 0 Å². The average Bonchev–Trinajstić information content (AvgIpc) is 2.79. The molecule has 1 heterocycles. The van der Waals surface area contributed by atoms with Crippen molar-refractivity contribution in [2.45, 2.75) is 26.4 Å². The van der Waals surface area contributed by atoms with E-state index in [0.29, 0.717) is 17.2 Å². The van der Waals surface area contributed by atoms with Gasteiger partial charge in [-0.2, -0.15) is 0 Å². The zero-order valence-corrected chi connectivity index (χ0v) is 12.5. The average molecular weight is 292 g/mol. The lowest BCUT2D eigenvalue weighted by Crippen LogP contribution is -2.22. The Morgan fingerprint density at radius 2 is 2.10 bits per heavy atom. The summed E-state index contributed by atoms with van der Waals surface area (Å²) in [4.78, 5) is 23.6. The molecule has 5 heteroatoms. The quantitative estimate of drug-likeness (QED) is 0.214. The minimum absolute atomic E-state index is 0.302. The van der Waals surface area contributed by atoms with E-state index in [-0.39, 0.29) is 0 Å². The van der Waals surface area contributed by atoms with Crippen LogP contribution in [-0.4, -0.2) is 24.0 Å². The predicted molar refractivity (Wildman–Crippen MR) is 78.0 cm³/mol. The van der Waals surface area contributed by atoms with Crippen LogP contribution in [0.2, 0.25) is 0 Å². The highest BCUT2D eigenvalue weighted by molar-refractivity contribution is 7.12. The van der Waals surface area contributed by atoms with Crippen LogP contribution in [0.5, 0.6) is 5.75 Å². The van der Waals surface area contributed by atoms with Gasteiger partial charge in [-0.05, 0) is 38.1 Å². The highest BCUT2D eigenvalue weighted by atomic mass is 32.1. The lowest BCUT2D eigenvalue weighted by atomic mass is 10.2. The highest BCUT2D eigenvalue weighted by Crippen LogP contribution is 2.25. The van der Waals surface area contributed by atoms with Gasteiger partial charge in [0, 0.05) is 5.92 Å². The Labute approximate surface area is 122 Å². The third-order valence-electron chi connectivity index (χ3n) is 1.87. The first kappa shape index (κ1) is 16.0. The molecule has 0 amide bonds. The van der Waals surface area contributed by atoms with E-state index < -0.39 is 17.4 Å². The standard InChI is InChI=1S/C15H16O4S/c1-5-9-18-12-8-10-20-14(12)11(16)6-7-13(17)19-15(2,3)4/h5,8,10H,1,9H2,2-4H3. The molecule has 0 aliphatic heterocycles. The summed E-state index contributed by atoms with van der Waals surface area (Å²) in [6.45, 7) is 9.03. The van der Waals surface area contributed by atoms with Crippen LogP contribution in [0, 0.1) is 11.8 Å². The second kappa shape index (κ2) is 6.92. The Kier molecular flexibility index (Phi) is 5.53. The Bertz CT molecular complexity index is 567. The van der Waals surface area contributed by atoms with Crippen LogP contribution in [0.25, 0.3) is 0 Å². The van der Waals surface area contributed by atoms with Gasteiger partial charge < -0.3 is 9.47 Å². The summed E-state index contributed by atoms with van der Waals surface area (Å²) in [5, 5.41) is 1.72. The molecule has 0 saturated heterocycles. The predicted octanol–water partition coefficient (Wildman–Crippen LogP) is 2.84. The van der Waals surface area contributed by atoms with Crippen molar-refractivity contribution in [1.29, 1.82) is 0 Å². The van der Waals surface area contributed by atoms with E-state index in [4.69, 9.17) is 9.47 Å². The molecule has 0 aliphatic carbocycles. The fraction of sp³-hybridized carbons (Fsp3) is 0.333. The van der Waals surface area contributed by atoms with Gasteiger partial charge in [0.25, 0.3) is 0 Å². The van der Waals surface area contributed by atoms with Crippen LogP contribution in [0.3, 0.4) is 0 Å². The molecule has 0 fully saturated rings. The lowest BCUT2D eigenvalue weighted by Gasteiger charge is -2.16. The van der Waals surface area contributed by atoms with Crippen LogP contribution in [0.1, 0.15) is 30.4 Å². The number of esters is 1. The van der Waals surface area contributed by atoms with E-state index in [2.05, 4.69) is 18.4 Å². The third kappa shape index (κ3) is 5.29. The number of carbonyl (C=O) groups is 2. The SMILES string of the molecule is C=CCOc1ccsc1C(=O)C#CC(=O)OC(C)(C)C. The zero-order chi connectivity index (χ0) is 15.2. The van der Waals surface area contributed by atoms with Crippen molar-refractivity contribution in [2.24, 2.45) is 0 Å². The molecule has 4 nitrogen and oxygen atoms in total. The number of ether oxygens (including phenoxy) is 2. The van der Waals surface area contributed by atoms with Crippen LogP contribution in [0.15, 0.2) is 24.1 Å². The van der Waals surface area contributed by atoms with Crippen LogP contribution in [0.4, 0.5) is 0 Å². The number of hydrogen-bond acceptors (Lipinski definition) is 5. The Balaban J connectivity index is 2.75. The van der Waals surface area contributed by atoms with Crippen LogP contribution in [-0.2, 0) is 9.53 Å². The fourth-order valence-corrected chi connectivity index (χ4v) is 1.92. The maximum Gasteiger partial charge on any atom is 0.385 e. The molecule has 0 atom stereocenters. The molecular formula is C15H16O4S. The summed E-state index contributed by atoms with van der Waals surface area (Å²) >= 11 is 1.21. The molecule has 20 heavy (non-hydrogen) atoms.